The number of carbonyl (C=O) groups excluding carboxylic acids is 1. The van der Waals surface area contributed by atoms with Gasteiger partial charge in [0, 0.05) is 5.69 Å². The van der Waals surface area contributed by atoms with Gasteiger partial charge in [-0.25, -0.2) is 13.2 Å². The van der Waals surface area contributed by atoms with Gasteiger partial charge in [0.25, 0.3) is 0 Å². The summed E-state index contributed by atoms with van der Waals surface area (Å²) in [6, 6.07) is 15.3. The Labute approximate surface area is 179 Å². The van der Waals surface area contributed by atoms with Gasteiger partial charge < -0.3 is 16.4 Å². The minimum absolute atomic E-state index is 0.159. The lowest BCUT2D eigenvalue weighted by Crippen LogP contribution is -2.35. The van der Waals surface area contributed by atoms with Crippen LogP contribution in [0.3, 0.4) is 0 Å². The fraction of sp³-hybridized carbons (Fsp3) is 0.348. The molecule has 0 fully saturated rings. The van der Waals surface area contributed by atoms with Gasteiger partial charge in [-0.05, 0) is 63.1 Å². The van der Waals surface area contributed by atoms with Gasteiger partial charge in [-0.3, -0.25) is 0 Å². The molecule has 0 saturated carbocycles. The maximum absolute atomic E-state index is 13.2. The fourth-order valence-electron chi connectivity index (χ4n) is 3.14. The average Bonchev–Trinajstić information content (AvgIpc) is 2.73. The number of carbonyl (C=O) groups is 1. The van der Waals surface area contributed by atoms with E-state index in [1.165, 1.54) is 12.1 Å². The number of amides is 2. The van der Waals surface area contributed by atoms with Gasteiger partial charge in [0.05, 0.1) is 15.7 Å². The fourth-order valence-corrected chi connectivity index (χ4v) is 4.83. The summed E-state index contributed by atoms with van der Waals surface area (Å²) >= 11 is 0. The Hall–Kier alpha value is -2.64. The van der Waals surface area contributed by atoms with Crippen LogP contribution in [0.5, 0.6) is 0 Å². The maximum atomic E-state index is 13.2. The molecule has 0 aromatic heterocycles. The number of sulfone groups is 1. The highest BCUT2D eigenvalue weighted by atomic mass is 32.2. The van der Waals surface area contributed by atoms with Crippen LogP contribution < -0.4 is 16.4 Å². The predicted molar refractivity (Wildman–Crippen MR) is 122 cm³/mol. The Morgan fingerprint density at radius 3 is 2.33 bits per heavy atom. The zero-order valence-electron chi connectivity index (χ0n) is 17.8. The molecule has 0 bridgehead atoms. The number of hydrogen-bond donors (Lipinski definition) is 3. The molecule has 0 radical (unpaired) electrons. The van der Waals surface area contributed by atoms with Crippen molar-refractivity contribution in [3.05, 3.63) is 72.3 Å². The van der Waals surface area contributed by atoms with Gasteiger partial charge in [-0.2, -0.15) is 0 Å². The van der Waals surface area contributed by atoms with Gasteiger partial charge in [0.15, 0.2) is 9.84 Å². The lowest BCUT2D eigenvalue weighted by atomic mass is 10.1. The van der Waals surface area contributed by atoms with Crippen LogP contribution in [0.1, 0.15) is 45.2 Å². The molecule has 162 valence electrons. The number of benzene rings is 2. The van der Waals surface area contributed by atoms with E-state index in [0.29, 0.717) is 12.1 Å². The van der Waals surface area contributed by atoms with Crippen molar-refractivity contribution in [2.45, 2.75) is 49.3 Å². The molecule has 4 N–H and O–H groups in total. The van der Waals surface area contributed by atoms with E-state index in [-0.39, 0.29) is 23.5 Å². The number of nitrogens with one attached hydrogen (secondary N) is 2. The quantitative estimate of drug-likeness (QED) is 0.514. The number of nitrogens with two attached hydrogens (primary N) is 1. The molecule has 2 aromatic rings. The molecule has 2 amide bonds. The molecule has 6 nitrogen and oxygen atoms in total. The third kappa shape index (κ3) is 5.70. The number of allylic oxidation sites excluding steroid dienone is 1. The smallest absolute Gasteiger partial charge is 0.319 e. The molecule has 2 unspecified atom stereocenters. The molecule has 0 saturated heterocycles. The van der Waals surface area contributed by atoms with Crippen LogP contribution in [0.25, 0.3) is 0 Å². The van der Waals surface area contributed by atoms with Gasteiger partial charge in [-0.15, -0.1) is 0 Å². The van der Waals surface area contributed by atoms with E-state index >= 15 is 0 Å². The highest BCUT2D eigenvalue weighted by Gasteiger charge is 2.37. The Bertz CT molecular complexity index is 957. The summed E-state index contributed by atoms with van der Waals surface area (Å²) < 4.78 is 25.3. The molecule has 0 heterocycles. The average molecular weight is 430 g/mol. The second-order valence-electron chi connectivity index (χ2n) is 7.42. The van der Waals surface area contributed by atoms with Crippen molar-refractivity contribution in [2.24, 2.45) is 5.73 Å². The molecule has 30 heavy (non-hydrogen) atoms. The van der Waals surface area contributed by atoms with E-state index in [0.717, 1.165) is 12.0 Å². The molecule has 2 atom stereocenters. The molecule has 2 rings (SSSR count). The monoisotopic (exact) mass is 429 g/mol. The van der Waals surface area contributed by atoms with E-state index in [2.05, 4.69) is 10.6 Å². The number of urea groups is 1. The normalized spacial score (nSPS) is 14.8. The molecule has 2 aromatic carbocycles. The van der Waals surface area contributed by atoms with Gasteiger partial charge in [0.1, 0.15) is 0 Å². The van der Waals surface area contributed by atoms with Crippen molar-refractivity contribution < 1.29 is 13.2 Å². The molecule has 0 aliphatic rings. The standard InChI is InChI=1S/C23H31N3O3S/c1-4-5-15-23(3,16-17-24)30(28,29)21-13-11-20(12-14-21)26-22(27)25-18(2)19-9-7-6-8-10-19/h5-15,18H,4,16-17,24H2,1-3H3,(H2,25,26,27)/b15-5-. The van der Waals surface area contributed by atoms with Crippen LogP contribution in [0, 0.1) is 0 Å². The largest absolute Gasteiger partial charge is 0.331 e. The summed E-state index contributed by atoms with van der Waals surface area (Å²) in [4.78, 5) is 12.5. The Morgan fingerprint density at radius 1 is 1.13 bits per heavy atom. The van der Waals surface area contributed by atoms with Crippen molar-refractivity contribution in [1.82, 2.24) is 5.32 Å². The third-order valence-corrected chi connectivity index (χ3v) is 7.49. The first-order valence-electron chi connectivity index (χ1n) is 10.1. The first kappa shape index (κ1) is 23.6. The lowest BCUT2D eigenvalue weighted by molar-refractivity contribution is 0.249. The highest BCUT2D eigenvalue weighted by Crippen LogP contribution is 2.31. The highest BCUT2D eigenvalue weighted by molar-refractivity contribution is 7.93. The molecule has 0 aliphatic carbocycles. The van der Waals surface area contributed by atoms with Gasteiger partial charge in [-0.1, -0.05) is 49.4 Å². The Balaban J connectivity index is 2.11. The minimum Gasteiger partial charge on any atom is -0.331 e. The summed E-state index contributed by atoms with van der Waals surface area (Å²) in [6.45, 7) is 5.80. The molecule has 0 aliphatic heterocycles. The molecular formula is C23H31N3O3S. The first-order valence-corrected chi connectivity index (χ1v) is 11.6. The maximum Gasteiger partial charge on any atom is 0.319 e. The van der Waals surface area contributed by atoms with E-state index in [1.807, 2.05) is 50.3 Å². The molecule has 7 heteroatoms. The van der Waals surface area contributed by atoms with Crippen molar-refractivity contribution in [3.8, 4) is 0 Å². The second-order valence-corrected chi connectivity index (χ2v) is 9.83. The van der Waals surface area contributed by atoms with Crippen LogP contribution in [0.15, 0.2) is 71.6 Å². The Morgan fingerprint density at radius 2 is 1.77 bits per heavy atom. The minimum atomic E-state index is -3.63. The van der Waals surface area contributed by atoms with Crippen LogP contribution in [0.2, 0.25) is 0 Å². The van der Waals surface area contributed by atoms with Gasteiger partial charge >= 0.3 is 6.03 Å². The number of hydrogen-bond acceptors (Lipinski definition) is 4. The zero-order valence-corrected chi connectivity index (χ0v) is 18.6. The summed E-state index contributed by atoms with van der Waals surface area (Å²) in [5.41, 5.74) is 7.17. The van der Waals surface area contributed by atoms with Crippen LogP contribution >= 0.6 is 0 Å². The zero-order chi connectivity index (χ0) is 22.2. The Kier molecular flexibility index (Phi) is 8.20. The second kappa shape index (κ2) is 10.4. The topological polar surface area (TPSA) is 101 Å². The van der Waals surface area contributed by atoms with E-state index in [1.54, 1.807) is 25.1 Å². The van der Waals surface area contributed by atoms with Crippen molar-refractivity contribution >= 4 is 21.6 Å². The SMILES string of the molecule is CC/C=C\C(C)(CCN)S(=O)(=O)c1ccc(NC(=O)NC(C)c2ccccc2)cc1. The van der Waals surface area contributed by atoms with Crippen molar-refractivity contribution in [1.29, 1.82) is 0 Å². The lowest BCUT2D eigenvalue weighted by Gasteiger charge is -2.26. The molecular weight excluding hydrogens is 398 g/mol. The van der Waals surface area contributed by atoms with Crippen molar-refractivity contribution in [2.75, 3.05) is 11.9 Å². The molecule has 0 spiro atoms. The first-order chi connectivity index (χ1) is 14.2. The predicted octanol–water partition coefficient (Wildman–Crippen LogP) is 4.42. The van der Waals surface area contributed by atoms with Crippen LogP contribution in [0.4, 0.5) is 10.5 Å². The van der Waals surface area contributed by atoms with Crippen LogP contribution in [-0.4, -0.2) is 25.7 Å². The van der Waals surface area contributed by atoms with Crippen LogP contribution in [-0.2, 0) is 9.84 Å². The summed E-state index contributed by atoms with van der Waals surface area (Å²) in [6.07, 6.45) is 4.64. The third-order valence-electron chi connectivity index (χ3n) is 5.03. The summed E-state index contributed by atoms with van der Waals surface area (Å²) in [5, 5.41) is 5.60. The van der Waals surface area contributed by atoms with Gasteiger partial charge in [0.2, 0.25) is 0 Å². The van der Waals surface area contributed by atoms with Crippen molar-refractivity contribution in [3.63, 3.8) is 0 Å². The summed E-state index contributed by atoms with van der Waals surface area (Å²) in [5.74, 6) is 0. The van der Waals surface area contributed by atoms with E-state index < -0.39 is 14.6 Å². The summed E-state index contributed by atoms with van der Waals surface area (Å²) in [7, 11) is -3.63. The number of rotatable bonds is 9. The van der Waals surface area contributed by atoms with E-state index in [9.17, 15) is 13.2 Å². The number of anilines is 1. The van der Waals surface area contributed by atoms with E-state index in [4.69, 9.17) is 5.73 Å².